The molecule has 1 aromatic carbocycles. The summed E-state index contributed by atoms with van der Waals surface area (Å²) in [6.45, 7) is 3.04. The summed E-state index contributed by atoms with van der Waals surface area (Å²) in [5.74, 6) is -0.376. The number of carbonyl (C=O) groups excluding carboxylic acids is 2. The molecule has 2 heterocycles. The summed E-state index contributed by atoms with van der Waals surface area (Å²) in [4.78, 5) is 29.2. The lowest BCUT2D eigenvalue weighted by molar-refractivity contribution is -0.135. The first kappa shape index (κ1) is 17.5. The molecule has 6 nitrogen and oxygen atoms in total. The molecule has 0 spiro atoms. The SMILES string of the molecule is CCN(C(=O)C1CC1C(=O)N1CCc2ccccc21)C1CCS(=O)(=O)C1. The average Bonchev–Trinajstić information content (AvgIpc) is 3.18. The number of amides is 2. The third-order valence-electron chi connectivity index (χ3n) is 5.85. The lowest BCUT2D eigenvalue weighted by atomic mass is 10.1. The number of hydrogen-bond acceptors (Lipinski definition) is 4. The van der Waals surface area contributed by atoms with E-state index < -0.39 is 9.84 Å². The Morgan fingerprint density at radius 1 is 1.23 bits per heavy atom. The summed E-state index contributed by atoms with van der Waals surface area (Å²) in [6, 6.07) is 7.67. The van der Waals surface area contributed by atoms with Gasteiger partial charge in [0, 0.05) is 24.8 Å². The van der Waals surface area contributed by atoms with E-state index in [4.69, 9.17) is 0 Å². The first-order valence-corrected chi connectivity index (χ1v) is 11.1. The second kappa shape index (κ2) is 6.37. The molecule has 1 saturated heterocycles. The predicted octanol–water partition coefficient (Wildman–Crippen LogP) is 1.25. The van der Waals surface area contributed by atoms with Crippen molar-refractivity contribution in [2.75, 3.05) is 29.5 Å². The van der Waals surface area contributed by atoms with Gasteiger partial charge in [-0.3, -0.25) is 9.59 Å². The van der Waals surface area contributed by atoms with Gasteiger partial charge in [-0.25, -0.2) is 8.42 Å². The number of nitrogens with zero attached hydrogens (tertiary/aromatic N) is 2. The number of fused-ring (bicyclic) bond motifs is 1. The second-order valence-electron chi connectivity index (χ2n) is 7.50. The largest absolute Gasteiger partial charge is 0.339 e. The Morgan fingerprint density at radius 2 is 2.00 bits per heavy atom. The minimum atomic E-state index is -3.03. The van der Waals surface area contributed by atoms with E-state index in [1.807, 2.05) is 36.1 Å². The molecule has 2 fully saturated rings. The molecule has 1 aromatic rings. The molecule has 3 atom stereocenters. The van der Waals surface area contributed by atoms with Crippen molar-refractivity contribution in [1.29, 1.82) is 0 Å². The molecule has 2 amide bonds. The number of hydrogen-bond donors (Lipinski definition) is 0. The first-order valence-electron chi connectivity index (χ1n) is 9.31. The van der Waals surface area contributed by atoms with Gasteiger partial charge in [0.25, 0.3) is 0 Å². The minimum Gasteiger partial charge on any atom is -0.339 e. The summed E-state index contributed by atoms with van der Waals surface area (Å²) in [5.41, 5.74) is 2.14. The summed E-state index contributed by atoms with van der Waals surface area (Å²) in [6.07, 6.45) is 1.94. The number of anilines is 1. The molecule has 2 aliphatic heterocycles. The van der Waals surface area contributed by atoms with E-state index in [1.165, 1.54) is 5.56 Å². The van der Waals surface area contributed by atoms with Crippen molar-refractivity contribution in [3.05, 3.63) is 29.8 Å². The van der Waals surface area contributed by atoms with E-state index in [0.29, 0.717) is 25.9 Å². The fraction of sp³-hybridized carbons (Fsp3) is 0.579. The van der Waals surface area contributed by atoms with E-state index in [9.17, 15) is 18.0 Å². The molecule has 0 radical (unpaired) electrons. The molecule has 0 aromatic heterocycles. The lowest BCUT2D eigenvalue weighted by Crippen LogP contribution is -2.42. The molecular formula is C19H24N2O4S. The van der Waals surface area contributed by atoms with Crippen molar-refractivity contribution >= 4 is 27.3 Å². The maximum atomic E-state index is 12.9. The molecule has 7 heteroatoms. The van der Waals surface area contributed by atoms with E-state index in [2.05, 4.69) is 0 Å². The predicted molar refractivity (Wildman–Crippen MR) is 98.5 cm³/mol. The van der Waals surface area contributed by atoms with Crippen LogP contribution < -0.4 is 4.90 Å². The minimum absolute atomic E-state index is 0.0309. The average molecular weight is 376 g/mol. The van der Waals surface area contributed by atoms with Crippen LogP contribution in [0.3, 0.4) is 0 Å². The molecule has 1 aliphatic carbocycles. The van der Waals surface area contributed by atoms with E-state index in [0.717, 1.165) is 12.1 Å². The molecule has 1 saturated carbocycles. The molecule has 26 heavy (non-hydrogen) atoms. The van der Waals surface area contributed by atoms with Crippen molar-refractivity contribution in [1.82, 2.24) is 4.90 Å². The zero-order valence-electron chi connectivity index (χ0n) is 14.9. The summed E-state index contributed by atoms with van der Waals surface area (Å²) in [7, 11) is -3.03. The normalized spacial score (nSPS) is 28.7. The van der Waals surface area contributed by atoms with Gasteiger partial charge in [0.1, 0.15) is 0 Å². The van der Waals surface area contributed by atoms with E-state index in [1.54, 1.807) is 4.90 Å². The number of sulfone groups is 1. The maximum absolute atomic E-state index is 12.9. The second-order valence-corrected chi connectivity index (χ2v) is 9.73. The van der Waals surface area contributed by atoms with Gasteiger partial charge >= 0.3 is 0 Å². The van der Waals surface area contributed by atoms with Crippen LogP contribution in [0.2, 0.25) is 0 Å². The lowest BCUT2D eigenvalue weighted by Gasteiger charge is -2.27. The van der Waals surface area contributed by atoms with Crippen LogP contribution >= 0.6 is 0 Å². The molecule has 3 aliphatic rings. The van der Waals surface area contributed by atoms with Crippen molar-refractivity contribution in [2.45, 2.75) is 32.2 Å². The maximum Gasteiger partial charge on any atom is 0.230 e. The van der Waals surface area contributed by atoms with Gasteiger partial charge in [-0.1, -0.05) is 18.2 Å². The highest BCUT2D eigenvalue weighted by Gasteiger charge is 2.52. The van der Waals surface area contributed by atoms with Crippen LogP contribution in [-0.2, 0) is 25.8 Å². The molecule has 3 unspecified atom stereocenters. The molecule has 140 valence electrons. The summed E-state index contributed by atoms with van der Waals surface area (Å²) >= 11 is 0. The highest BCUT2D eigenvalue weighted by atomic mass is 32.2. The fourth-order valence-corrected chi connectivity index (χ4v) is 6.07. The van der Waals surface area contributed by atoms with Gasteiger partial charge in [0.15, 0.2) is 9.84 Å². The van der Waals surface area contributed by atoms with Gasteiger partial charge < -0.3 is 9.80 Å². The van der Waals surface area contributed by atoms with E-state index >= 15 is 0 Å². The van der Waals surface area contributed by atoms with Crippen molar-refractivity contribution < 1.29 is 18.0 Å². The van der Waals surface area contributed by atoms with Crippen LogP contribution in [-0.4, -0.2) is 55.8 Å². The van der Waals surface area contributed by atoms with E-state index in [-0.39, 0.29) is 41.2 Å². The van der Waals surface area contributed by atoms with Crippen LogP contribution in [0.4, 0.5) is 5.69 Å². The standard InChI is InChI=1S/C19H24N2O4S/c1-2-20(14-8-10-26(24,25)12-14)18(22)15-11-16(15)19(23)21-9-7-13-5-3-4-6-17(13)21/h3-6,14-16H,2,7-12H2,1H3. The highest BCUT2D eigenvalue weighted by molar-refractivity contribution is 7.91. The Bertz CT molecular complexity index is 851. The molecular weight excluding hydrogens is 352 g/mol. The van der Waals surface area contributed by atoms with Crippen molar-refractivity contribution in [3.8, 4) is 0 Å². The number of para-hydroxylation sites is 1. The number of rotatable bonds is 4. The summed E-state index contributed by atoms with van der Waals surface area (Å²) < 4.78 is 23.5. The van der Waals surface area contributed by atoms with Gasteiger partial charge in [0.2, 0.25) is 11.8 Å². The smallest absolute Gasteiger partial charge is 0.230 e. The molecule has 4 rings (SSSR count). The third kappa shape index (κ3) is 3.02. The molecule has 0 bridgehead atoms. The van der Waals surface area contributed by atoms with Crippen molar-refractivity contribution in [3.63, 3.8) is 0 Å². The van der Waals surface area contributed by atoms with Gasteiger partial charge in [-0.05, 0) is 37.8 Å². The first-order chi connectivity index (χ1) is 12.4. The Morgan fingerprint density at radius 3 is 2.69 bits per heavy atom. The Balaban J connectivity index is 1.43. The third-order valence-corrected chi connectivity index (χ3v) is 7.60. The highest BCUT2D eigenvalue weighted by Crippen LogP contribution is 2.44. The topological polar surface area (TPSA) is 74.8 Å². The van der Waals surface area contributed by atoms with Gasteiger partial charge in [0.05, 0.1) is 23.3 Å². The van der Waals surface area contributed by atoms with Crippen LogP contribution in [0.1, 0.15) is 25.3 Å². The van der Waals surface area contributed by atoms with Crippen LogP contribution in [0, 0.1) is 11.8 Å². The Labute approximate surface area is 154 Å². The zero-order chi connectivity index (χ0) is 18.5. The quantitative estimate of drug-likeness (QED) is 0.793. The zero-order valence-corrected chi connectivity index (χ0v) is 15.7. The number of benzene rings is 1. The van der Waals surface area contributed by atoms with Crippen LogP contribution in [0.5, 0.6) is 0 Å². The monoisotopic (exact) mass is 376 g/mol. The number of carbonyl (C=O) groups is 2. The fourth-order valence-electron chi connectivity index (χ4n) is 4.34. The summed E-state index contributed by atoms with van der Waals surface area (Å²) in [5, 5.41) is 0. The van der Waals surface area contributed by atoms with Gasteiger partial charge in [-0.15, -0.1) is 0 Å². The van der Waals surface area contributed by atoms with Crippen molar-refractivity contribution in [2.24, 2.45) is 11.8 Å². The molecule has 0 N–H and O–H groups in total. The Kier molecular flexibility index (Phi) is 4.29. The van der Waals surface area contributed by atoms with Gasteiger partial charge in [-0.2, -0.15) is 0 Å². The van der Waals surface area contributed by atoms with Crippen LogP contribution in [0.25, 0.3) is 0 Å². The Hall–Kier alpha value is -1.89. The van der Waals surface area contributed by atoms with Crippen LogP contribution in [0.15, 0.2) is 24.3 Å².